The number of carboxylic acid groups (broad SMARTS) is 1. The summed E-state index contributed by atoms with van der Waals surface area (Å²) in [5.41, 5.74) is 5.43. The van der Waals surface area contributed by atoms with Gasteiger partial charge in [-0.2, -0.15) is 0 Å². The fourth-order valence-electron chi connectivity index (χ4n) is 0.763. The number of hydrogen-bond donors (Lipinski definition) is 3. The van der Waals surface area contributed by atoms with E-state index in [2.05, 4.69) is 0 Å². The Balaban J connectivity index is 3.33. The number of nitrogens with two attached hydrogens (primary N) is 1. The average molecular weight is 279 g/mol. The third kappa shape index (κ3) is 1.60. The standard InChI is InChI=1S/C7H6INO3/c8-4-1-3(7(11)12)5(9)2-6(4)10/h1-2,10H,9H2,(H,11,12). The van der Waals surface area contributed by atoms with Gasteiger partial charge in [0, 0.05) is 11.8 Å². The van der Waals surface area contributed by atoms with E-state index >= 15 is 0 Å². The minimum absolute atomic E-state index is 0.00176. The smallest absolute Gasteiger partial charge is 0.337 e. The van der Waals surface area contributed by atoms with Crippen LogP contribution in [0.25, 0.3) is 0 Å². The maximum Gasteiger partial charge on any atom is 0.337 e. The summed E-state index contributed by atoms with van der Waals surface area (Å²) in [6.45, 7) is 0. The Morgan fingerprint density at radius 2 is 2.08 bits per heavy atom. The molecular formula is C7H6INO3. The van der Waals surface area contributed by atoms with Crippen LogP contribution in [0, 0.1) is 3.57 Å². The largest absolute Gasteiger partial charge is 0.507 e. The van der Waals surface area contributed by atoms with Gasteiger partial charge < -0.3 is 15.9 Å². The molecule has 64 valence electrons. The van der Waals surface area contributed by atoms with Gasteiger partial charge in [0.15, 0.2) is 0 Å². The van der Waals surface area contributed by atoms with Gasteiger partial charge in [-0.1, -0.05) is 0 Å². The quantitative estimate of drug-likeness (QED) is 0.534. The zero-order valence-corrected chi connectivity index (χ0v) is 8.07. The second-order valence-corrected chi connectivity index (χ2v) is 3.36. The van der Waals surface area contributed by atoms with Gasteiger partial charge in [-0.05, 0) is 28.7 Å². The Kier molecular flexibility index (Phi) is 2.41. The molecule has 0 saturated carbocycles. The fourth-order valence-corrected chi connectivity index (χ4v) is 1.23. The van der Waals surface area contributed by atoms with Crippen molar-refractivity contribution in [3.05, 3.63) is 21.3 Å². The van der Waals surface area contributed by atoms with Crippen molar-refractivity contribution in [3.8, 4) is 5.75 Å². The first-order valence-electron chi connectivity index (χ1n) is 3.03. The molecule has 1 rings (SSSR count). The van der Waals surface area contributed by atoms with E-state index in [0.717, 1.165) is 0 Å². The Labute approximate surface area is 82.1 Å². The second kappa shape index (κ2) is 3.18. The summed E-state index contributed by atoms with van der Waals surface area (Å²) in [4.78, 5) is 10.5. The van der Waals surface area contributed by atoms with Crippen molar-refractivity contribution >= 4 is 34.2 Å². The molecule has 0 heterocycles. The molecule has 0 radical (unpaired) electrons. The third-order valence-electron chi connectivity index (χ3n) is 1.35. The Bertz CT molecular complexity index is 338. The molecule has 12 heavy (non-hydrogen) atoms. The summed E-state index contributed by atoms with van der Waals surface area (Å²) in [5.74, 6) is -1.09. The number of anilines is 1. The molecule has 1 aromatic carbocycles. The molecular weight excluding hydrogens is 273 g/mol. The maximum absolute atomic E-state index is 10.5. The molecule has 0 spiro atoms. The molecule has 1 aromatic rings. The summed E-state index contributed by atoms with van der Waals surface area (Å²) < 4.78 is 0.471. The number of aromatic carboxylic acids is 1. The first kappa shape index (κ1) is 9.11. The van der Waals surface area contributed by atoms with Gasteiger partial charge >= 0.3 is 5.97 Å². The van der Waals surface area contributed by atoms with Crippen LogP contribution in [0.5, 0.6) is 5.75 Å². The van der Waals surface area contributed by atoms with E-state index in [1.54, 1.807) is 0 Å². The predicted octanol–water partition coefficient (Wildman–Crippen LogP) is 1.28. The predicted molar refractivity (Wildman–Crippen MR) is 52.2 cm³/mol. The highest BCUT2D eigenvalue weighted by atomic mass is 127. The molecule has 0 aliphatic heterocycles. The summed E-state index contributed by atoms with van der Waals surface area (Å²) in [5, 5.41) is 17.7. The van der Waals surface area contributed by atoms with Gasteiger partial charge in [-0.3, -0.25) is 0 Å². The van der Waals surface area contributed by atoms with E-state index in [9.17, 15) is 4.79 Å². The lowest BCUT2D eigenvalue weighted by Gasteiger charge is -2.02. The van der Waals surface area contributed by atoms with Crippen molar-refractivity contribution in [2.45, 2.75) is 0 Å². The van der Waals surface area contributed by atoms with Crippen LogP contribution >= 0.6 is 22.6 Å². The summed E-state index contributed by atoms with van der Waals surface area (Å²) in [6.07, 6.45) is 0. The average Bonchev–Trinajstić information content (AvgIpc) is 1.96. The van der Waals surface area contributed by atoms with Gasteiger partial charge in [-0.25, -0.2) is 4.79 Å². The van der Waals surface area contributed by atoms with Crippen LogP contribution < -0.4 is 5.73 Å². The monoisotopic (exact) mass is 279 g/mol. The molecule has 0 atom stereocenters. The maximum atomic E-state index is 10.5. The Hall–Kier alpha value is -0.980. The number of carbonyl (C=O) groups is 1. The summed E-state index contributed by atoms with van der Waals surface area (Å²) in [7, 11) is 0. The van der Waals surface area contributed by atoms with E-state index < -0.39 is 5.97 Å². The molecule has 5 heteroatoms. The van der Waals surface area contributed by atoms with Crippen LogP contribution in [0.1, 0.15) is 10.4 Å². The molecule has 0 aliphatic carbocycles. The normalized spacial score (nSPS) is 9.75. The lowest BCUT2D eigenvalue weighted by molar-refractivity contribution is 0.0698. The van der Waals surface area contributed by atoms with Crippen molar-refractivity contribution in [1.82, 2.24) is 0 Å². The van der Waals surface area contributed by atoms with Crippen molar-refractivity contribution in [2.75, 3.05) is 5.73 Å². The second-order valence-electron chi connectivity index (χ2n) is 2.20. The van der Waals surface area contributed by atoms with Crippen molar-refractivity contribution < 1.29 is 15.0 Å². The molecule has 0 fully saturated rings. The molecule has 4 N–H and O–H groups in total. The number of nitrogen functional groups attached to an aromatic ring is 1. The van der Waals surface area contributed by atoms with Crippen molar-refractivity contribution in [2.24, 2.45) is 0 Å². The summed E-state index contributed by atoms with van der Waals surface area (Å²) in [6, 6.07) is 2.55. The van der Waals surface area contributed by atoms with Crippen LogP contribution in [0.2, 0.25) is 0 Å². The lowest BCUT2D eigenvalue weighted by Crippen LogP contribution is -2.02. The first-order chi connectivity index (χ1) is 5.52. The highest BCUT2D eigenvalue weighted by molar-refractivity contribution is 14.1. The lowest BCUT2D eigenvalue weighted by atomic mass is 10.2. The Morgan fingerprint density at radius 3 is 2.58 bits per heavy atom. The van der Waals surface area contributed by atoms with Crippen LogP contribution in [-0.4, -0.2) is 16.2 Å². The van der Waals surface area contributed by atoms with Gasteiger partial charge in [0.2, 0.25) is 0 Å². The topological polar surface area (TPSA) is 83.5 Å². The van der Waals surface area contributed by atoms with E-state index in [1.807, 2.05) is 22.6 Å². The van der Waals surface area contributed by atoms with Gasteiger partial charge in [-0.15, -0.1) is 0 Å². The number of halogens is 1. The molecule has 0 aliphatic rings. The highest BCUT2D eigenvalue weighted by Crippen LogP contribution is 2.25. The highest BCUT2D eigenvalue weighted by Gasteiger charge is 2.10. The number of rotatable bonds is 1. The van der Waals surface area contributed by atoms with E-state index in [-0.39, 0.29) is 17.0 Å². The van der Waals surface area contributed by atoms with Gasteiger partial charge in [0.25, 0.3) is 0 Å². The van der Waals surface area contributed by atoms with E-state index in [4.69, 9.17) is 15.9 Å². The number of hydrogen-bond acceptors (Lipinski definition) is 3. The van der Waals surface area contributed by atoms with Gasteiger partial charge in [0.1, 0.15) is 5.75 Å². The number of carboxylic acids is 1. The minimum atomic E-state index is -1.09. The number of benzene rings is 1. The van der Waals surface area contributed by atoms with Crippen LogP contribution in [0.15, 0.2) is 12.1 Å². The van der Waals surface area contributed by atoms with Crippen LogP contribution in [-0.2, 0) is 0 Å². The zero-order chi connectivity index (χ0) is 9.30. The number of phenols is 1. The SMILES string of the molecule is Nc1cc(O)c(I)cc1C(=O)O. The third-order valence-corrected chi connectivity index (χ3v) is 2.21. The number of aromatic hydroxyl groups is 1. The molecule has 4 nitrogen and oxygen atoms in total. The molecule has 0 bridgehead atoms. The van der Waals surface area contributed by atoms with Crippen LogP contribution in [0.4, 0.5) is 5.69 Å². The van der Waals surface area contributed by atoms with E-state index in [0.29, 0.717) is 3.57 Å². The minimum Gasteiger partial charge on any atom is -0.507 e. The van der Waals surface area contributed by atoms with E-state index in [1.165, 1.54) is 12.1 Å². The molecule has 0 amide bonds. The molecule has 0 unspecified atom stereocenters. The summed E-state index contributed by atoms with van der Waals surface area (Å²) >= 11 is 1.83. The molecule has 0 aromatic heterocycles. The van der Waals surface area contributed by atoms with Crippen molar-refractivity contribution in [3.63, 3.8) is 0 Å². The van der Waals surface area contributed by atoms with Crippen LogP contribution in [0.3, 0.4) is 0 Å². The fraction of sp³-hybridized carbons (Fsp3) is 0. The molecule has 0 saturated heterocycles. The zero-order valence-electron chi connectivity index (χ0n) is 5.91. The Morgan fingerprint density at radius 1 is 1.50 bits per heavy atom. The number of phenolic OH excluding ortho intramolecular Hbond substituents is 1. The van der Waals surface area contributed by atoms with Gasteiger partial charge in [0.05, 0.1) is 9.13 Å². The first-order valence-corrected chi connectivity index (χ1v) is 4.11. The van der Waals surface area contributed by atoms with Crippen molar-refractivity contribution in [1.29, 1.82) is 0 Å².